The molecule has 0 radical (unpaired) electrons. The van der Waals surface area contributed by atoms with E-state index in [-0.39, 0.29) is 0 Å². The van der Waals surface area contributed by atoms with Crippen LogP contribution in [0.4, 0.5) is 19.0 Å². The van der Waals surface area contributed by atoms with E-state index in [1.54, 1.807) is 18.4 Å². The second kappa shape index (κ2) is 8.04. The lowest BCUT2D eigenvalue weighted by Gasteiger charge is -2.35. The number of piperazine rings is 1. The Morgan fingerprint density at radius 1 is 1.07 bits per heavy atom. The maximum absolute atomic E-state index is 12.7. The third kappa shape index (κ3) is 4.71. The smallest absolute Gasteiger partial charge is 0.417 e. The van der Waals surface area contributed by atoms with Gasteiger partial charge in [-0.15, -0.1) is 0 Å². The molecule has 3 aromatic rings. The van der Waals surface area contributed by atoms with Crippen molar-refractivity contribution in [2.75, 3.05) is 31.1 Å². The number of aromatic nitrogens is 2. The van der Waals surface area contributed by atoms with Crippen LogP contribution in [0.2, 0.25) is 5.02 Å². The molecule has 0 bridgehead atoms. The highest BCUT2D eigenvalue weighted by Gasteiger charge is 2.31. The Morgan fingerprint density at radius 2 is 1.86 bits per heavy atom. The summed E-state index contributed by atoms with van der Waals surface area (Å²) in [5.74, 6) is 1.08. The fourth-order valence-electron chi connectivity index (χ4n) is 3.24. The van der Waals surface area contributed by atoms with Gasteiger partial charge in [-0.25, -0.2) is 9.97 Å². The van der Waals surface area contributed by atoms with E-state index >= 15 is 0 Å². The molecular weight excluding hydrogens is 405 g/mol. The van der Waals surface area contributed by atoms with Crippen LogP contribution in [0.25, 0.3) is 11.5 Å². The van der Waals surface area contributed by atoms with E-state index in [4.69, 9.17) is 16.0 Å². The second-order valence-corrected chi connectivity index (χ2v) is 7.26. The second-order valence-electron chi connectivity index (χ2n) is 6.82. The van der Waals surface area contributed by atoms with Gasteiger partial charge in [0.2, 0.25) is 5.89 Å². The molecule has 0 unspecified atom stereocenters. The first-order valence-electron chi connectivity index (χ1n) is 9.09. The van der Waals surface area contributed by atoms with E-state index in [1.165, 1.54) is 6.07 Å². The predicted octanol–water partition coefficient (Wildman–Crippen LogP) is 4.73. The number of alkyl halides is 3. The lowest BCUT2D eigenvalue weighted by molar-refractivity contribution is -0.137. The zero-order chi connectivity index (χ0) is 20.4. The molecule has 0 spiro atoms. The lowest BCUT2D eigenvalue weighted by atomic mass is 10.2. The van der Waals surface area contributed by atoms with Crippen molar-refractivity contribution in [1.82, 2.24) is 14.9 Å². The van der Waals surface area contributed by atoms with E-state index in [9.17, 15) is 13.2 Å². The summed E-state index contributed by atoms with van der Waals surface area (Å²) in [4.78, 5) is 12.7. The molecule has 152 valence electrons. The van der Waals surface area contributed by atoms with Gasteiger partial charge in [-0.3, -0.25) is 4.90 Å². The molecule has 1 aliphatic heterocycles. The van der Waals surface area contributed by atoms with Crippen molar-refractivity contribution >= 4 is 17.4 Å². The van der Waals surface area contributed by atoms with Crippen LogP contribution in [0, 0.1) is 0 Å². The summed E-state index contributed by atoms with van der Waals surface area (Å²) in [6.07, 6.45) is -1.85. The van der Waals surface area contributed by atoms with E-state index < -0.39 is 11.7 Å². The molecule has 0 saturated carbocycles. The van der Waals surface area contributed by atoms with Crippen molar-refractivity contribution in [2.24, 2.45) is 0 Å². The van der Waals surface area contributed by atoms with Gasteiger partial charge in [-0.2, -0.15) is 13.2 Å². The van der Waals surface area contributed by atoms with E-state index in [1.807, 2.05) is 17.0 Å². The molecule has 1 aliphatic rings. The molecule has 0 amide bonds. The standard InChI is InChI=1S/C20H18ClF3N4O/c21-16-3-1-2-14(10-16)19-26-17(13-29-19)12-27-6-8-28(9-7-27)18-5-4-15(11-25-18)20(22,23)24/h1-5,10-11,13H,6-9,12H2. The quantitative estimate of drug-likeness (QED) is 0.608. The Hall–Kier alpha value is -2.58. The van der Waals surface area contributed by atoms with Gasteiger partial charge in [0.25, 0.3) is 0 Å². The number of pyridine rings is 1. The SMILES string of the molecule is FC(F)(F)c1ccc(N2CCN(Cc3coc(-c4cccc(Cl)c4)n3)CC2)nc1. The monoisotopic (exact) mass is 422 g/mol. The van der Waals surface area contributed by atoms with E-state index in [0.717, 1.165) is 36.6 Å². The van der Waals surface area contributed by atoms with Crippen molar-refractivity contribution in [1.29, 1.82) is 0 Å². The third-order valence-corrected chi connectivity index (χ3v) is 5.02. The molecule has 1 fully saturated rings. The molecule has 2 aromatic heterocycles. The van der Waals surface area contributed by atoms with E-state index in [0.29, 0.717) is 36.4 Å². The number of halogens is 4. The van der Waals surface area contributed by atoms with Crippen LogP contribution in [0.5, 0.6) is 0 Å². The first kappa shape index (κ1) is 19.7. The zero-order valence-corrected chi connectivity index (χ0v) is 16.1. The Kier molecular flexibility index (Phi) is 5.47. The van der Waals surface area contributed by atoms with Crippen LogP contribution in [-0.2, 0) is 12.7 Å². The van der Waals surface area contributed by atoms with Gasteiger partial charge in [0.15, 0.2) is 0 Å². The molecule has 3 heterocycles. The average molecular weight is 423 g/mol. The minimum Gasteiger partial charge on any atom is -0.444 e. The average Bonchev–Trinajstić information content (AvgIpc) is 3.17. The number of oxazole rings is 1. The highest BCUT2D eigenvalue weighted by molar-refractivity contribution is 6.30. The number of rotatable bonds is 4. The van der Waals surface area contributed by atoms with Gasteiger partial charge in [-0.1, -0.05) is 17.7 Å². The van der Waals surface area contributed by atoms with Crippen molar-refractivity contribution in [3.8, 4) is 11.5 Å². The molecule has 1 aromatic carbocycles. The van der Waals surface area contributed by atoms with Crippen LogP contribution in [0.15, 0.2) is 53.3 Å². The summed E-state index contributed by atoms with van der Waals surface area (Å²) in [6.45, 7) is 3.50. The summed E-state index contributed by atoms with van der Waals surface area (Å²) in [5, 5.41) is 0.621. The van der Waals surface area contributed by atoms with Crippen molar-refractivity contribution in [3.63, 3.8) is 0 Å². The molecular formula is C20H18ClF3N4O. The lowest BCUT2D eigenvalue weighted by Crippen LogP contribution is -2.46. The number of benzene rings is 1. The number of anilines is 1. The van der Waals surface area contributed by atoms with Crippen molar-refractivity contribution in [2.45, 2.75) is 12.7 Å². The molecule has 4 rings (SSSR count). The van der Waals surface area contributed by atoms with Crippen molar-refractivity contribution in [3.05, 3.63) is 65.1 Å². The van der Waals surface area contributed by atoms with Gasteiger partial charge >= 0.3 is 6.18 Å². The van der Waals surface area contributed by atoms with Gasteiger partial charge in [0, 0.05) is 49.5 Å². The topological polar surface area (TPSA) is 45.4 Å². The minimum atomic E-state index is -4.37. The van der Waals surface area contributed by atoms with Crippen LogP contribution in [-0.4, -0.2) is 41.0 Å². The Morgan fingerprint density at radius 3 is 2.52 bits per heavy atom. The summed E-state index contributed by atoms with van der Waals surface area (Å²) < 4.78 is 43.6. The number of nitrogens with zero attached hydrogens (tertiary/aromatic N) is 4. The molecule has 0 N–H and O–H groups in total. The zero-order valence-electron chi connectivity index (χ0n) is 15.4. The molecule has 0 aliphatic carbocycles. The molecule has 1 saturated heterocycles. The first-order valence-corrected chi connectivity index (χ1v) is 9.47. The summed E-state index contributed by atoms with van der Waals surface area (Å²) in [7, 11) is 0. The summed E-state index contributed by atoms with van der Waals surface area (Å²) in [5.41, 5.74) is 0.907. The Bertz CT molecular complexity index is 966. The van der Waals surface area contributed by atoms with Crippen molar-refractivity contribution < 1.29 is 17.6 Å². The fourth-order valence-corrected chi connectivity index (χ4v) is 3.43. The van der Waals surface area contributed by atoms with Crippen LogP contribution in [0.1, 0.15) is 11.3 Å². The third-order valence-electron chi connectivity index (χ3n) is 4.78. The van der Waals surface area contributed by atoms with Gasteiger partial charge in [-0.05, 0) is 30.3 Å². The first-order chi connectivity index (χ1) is 13.9. The molecule has 5 nitrogen and oxygen atoms in total. The van der Waals surface area contributed by atoms with Crippen LogP contribution >= 0.6 is 11.6 Å². The Labute approximate surface area is 170 Å². The highest BCUT2D eigenvalue weighted by atomic mass is 35.5. The van der Waals surface area contributed by atoms with E-state index in [2.05, 4.69) is 14.9 Å². The van der Waals surface area contributed by atoms with Gasteiger partial charge in [0.1, 0.15) is 12.1 Å². The summed E-state index contributed by atoms with van der Waals surface area (Å²) >= 11 is 6.01. The summed E-state index contributed by atoms with van der Waals surface area (Å²) in [6, 6.07) is 9.81. The minimum absolute atomic E-state index is 0.523. The Balaban J connectivity index is 1.33. The van der Waals surface area contributed by atoms with Gasteiger partial charge in [0.05, 0.1) is 11.3 Å². The molecule has 0 atom stereocenters. The maximum atomic E-state index is 12.7. The molecule has 9 heteroatoms. The molecule has 29 heavy (non-hydrogen) atoms. The van der Waals surface area contributed by atoms with Crippen LogP contribution < -0.4 is 4.90 Å². The normalized spacial score (nSPS) is 15.7. The van der Waals surface area contributed by atoms with Gasteiger partial charge < -0.3 is 9.32 Å². The highest BCUT2D eigenvalue weighted by Crippen LogP contribution is 2.29. The van der Waals surface area contributed by atoms with Crippen LogP contribution in [0.3, 0.4) is 0 Å². The predicted molar refractivity (Wildman–Crippen MR) is 104 cm³/mol. The largest absolute Gasteiger partial charge is 0.444 e. The number of hydrogen-bond donors (Lipinski definition) is 0. The maximum Gasteiger partial charge on any atom is 0.417 e. The fraction of sp³-hybridized carbons (Fsp3) is 0.300. The number of hydrogen-bond acceptors (Lipinski definition) is 5.